The Hall–Kier alpha value is -3.28. The normalized spacial score (nSPS) is 20.0. The summed E-state index contributed by atoms with van der Waals surface area (Å²) in [5, 5.41) is 0. The van der Waals surface area contributed by atoms with E-state index in [9.17, 15) is 9.59 Å². The lowest BCUT2D eigenvalue weighted by atomic mass is 9.71. The number of carbonyl (C=O) groups excluding carboxylic acids is 2. The van der Waals surface area contributed by atoms with Crippen LogP contribution in [0.25, 0.3) is 0 Å². The van der Waals surface area contributed by atoms with Gasteiger partial charge in [0.1, 0.15) is 29.6 Å². The van der Waals surface area contributed by atoms with Crippen LogP contribution in [0.2, 0.25) is 0 Å². The van der Waals surface area contributed by atoms with Crippen molar-refractivity contribution in [2.75, 3.05) is 0 Å². The second-order valence-electron chi connectivity index (χ2n) is 11.6. The van der Waals surface area contributed by atoms with Crippen LogP contribution in [0.5, 0.6) is 5.75 Å². The zero-order valence-corrected chi connectivity index (χ0v) is 23.1. The lowest BCUT2D eigenvalue weighted by Crippen LogP contribution is -2.65. The molecule has 1 saturated carbocycles. The number of amides is 1. The van der Waals surface area contributed by atoms with Crippen molar-refractivity contribution in [2.24, 2.45) is 0 Å². The Kier molecular flexibility index (Phi) is 8.72. The highest BCUT2D eigenvalue weighted by Crippen LogP contribution is 2.48. The molecule has 2 unspecified atom stereocenters. The topological polar surface area (TPSA) is 65.1 Å². The summed E-state index contributed by atoms with van der Waals surface area (Å²) in [6.45, 7) is 15.6. The first-order valence-electron chi connectivity index (χ1n) is 13.0. The van der Waals surface area contributed by atoms with E-state index in [1.807, 2.05) is 96.1 Å². The molecule has 2 atom stereocenters. The van der Waals surface area contributed by atoms with Gasteiger partial charge in [0.2, 0.25) is 0 Å². The third-order valence-electron chi connectivity index (χ3n) is 6.48. The van der Waals surface area contributed by atoms with Crippen molar-refractivity contribution in [3.05, 3.63) is 78.4 Å². The summed E-state index contributed by atoms with van der Waals surface area (Å²) in [6, 6.07) is 17.8. The Morgan fingerprint density at radius 1 is 1.00 bits per heavy atom. The number of esters is 1. The van der Waals surface area contributed by atoms with Crippen molar-refractivity contribution in [3.63, 3.8) is 0 Å². The average molecular weight is 508 g/mol. The van der Waals surface area contributed by atoms with Crippen molar-refractivity contribution >= 4 is 12.1 Å². The minimum atomic E-state index is -0.921. The molecular weight excluding hydrogens is 466 g/mol. The molecule has 2 aromatic carbocycles. The van der Waals surface area contributed by atoms with E-state index in [4.69, 9.17) is 14.2 Å². The SMILES string of the molecule is C=CC(=O)OC1CCCCC1(c1ccc(OCc2ccccc2)cc1)N(C(=O)OC(C)(C)C)C(C)(C)C. The van der Waals surface area contributed by atoms with Crippen LogP contribution >= 0.6 is 0 Å². The maximum absolute atomic E-state index is 13.8. The highest BCUT2D eigenvalue weighted by Gasteiger charge is 2.55. The van der Waals surface area contributed by atoms with Crippen molar-refractivity contribution in [3.8, 4) is 5.75 Å². The number of ether oxygens (including phenoxy) is 3. The van der Waals surface area contributed by atoms with E-state index < -0.39 is 34.8 Å². The fraction of sp³-hybridized carbons (Fsp3) is 0.484. The van der Waals surface area contributed by atoms with Gasteiger partial charge in [-0.1, -0.05) is 55.5 Å². The Morgan fingerprint density at radius 3 is 2.22 bits per heavy atom. The van der Waals surface area contributed by atoms with E-state index in [1.165, 1.54) is 6.08 Å². The summed E-state index contributed by atoms with van der Waals surface area (Å²) < 4.78 is 17.9. The Balaban J connectivity index is 2.07. The maximum Gasteiger partial charge on any atom is 0.411 e. The molecule has 0 N–H and O–H groups in total. The molecule has 0 spiro atoms. The molecule has 1 amide bonds. The first-order valence-corrected chi connectivity index (χ1v) is 13.0. The first kappa shape index (κ1) is 28.3. The molecule has 1 aliphatic carbocycles. The van der Waals surface area contributed by atoms with E-state index in [1.54, 1.807) is 4.90 Å². The van der Waals surface area contributed by atoms with Crippen LogP contribution in [0.15, 0.2) is 67.3 Å². The smallest absolute Gasteiger partial charge is 0.411 e. The van der Waals surface area contributed by atoms with E-state index in [2.05, 4.69) is 6.58 Å². The van der Waals surface area contributed by atoms with Crippen molar-refractivity contribution in [1.29, 1.82) is 0 Å². The molecule has 0 aliphatic heterocycles. The fourth-order valence-corrected chi connectivity index (χ4v) is 5.11. The van der Waals surface area contributed by atoms with Crippen LogP contribution < -0.4 is 4.74 Å². The predicted octanol–water partition coefficient (Wildman–Crippen LogP) is 7.17. The Labute approximate surface area is 221 Å². The van der Waals surface area contributed by atoms with Gasteiger partial charge >= 0.3 is 12.1 Å². The summed E-state index contributed by atoms with van der Waals surface area (Å²) in [6.07, 6.45) is 3.20. The molecule has 0 bridgehead atoms. The maximum atomic E-state index is 13.8. The molecule has 200 valence electrons. The van der Waals surface area contributed by atoms with Crippen molar-refractivity contribution in [2.45, 2.75) is 96.6 Å². The highest BCUT2D eigenvalue weighted by atomic mass is 16.6. The molecule has 3 rings (SSSR count). The number of hydrogen-bond donors (Lipinski definition) is 0. The number of rotatable bonds is 7. The number of carbonyl (C=O) groups is 2. The van der Waals surface area contributed by atoms with Gasteiger partial charge in [-0.05, 0) is 84.1 Å². The molecule has 0 radical (unpaired) electrons. The van der Waals surface area contributed by atoms with Gasteiger partial charge in [-0.15, -0.1) is 0 Å². The van der Waals surface area contributed by atoms with Crippen molar-refractivity contribution < 1.29 is 23.8 Å². The van der Waals surface area contributed by atoms with Gasteiger partial charge in [-0.2, -0.15) is 0 Å². The summed E-state index contributed by atoms with van der Waals surface area (Å²) >= 11 is 0. The Morgan fingerprint density at radius 2 is 1.65 bits per heavy atom. The van der Waals surface area contributed by atoms with E-state index in [0.717, 1.165) is 29.7 Å². The van der Waals surface area contributed by atoms with Crippen LogP contribution in [0.1, 0.15) is 78.4 Å². The summed E-state index contributed by atoms with van der Waals surface area (Å²) in [5.41, 5.74) is -0.271. The minimum Gasteiger partial charge on any atom is -0.489 e. The fourth-order valence-electron chi connectivity index (χ4n) is 5.11. The van der Waals surface area contributed by atoms with Crippen molar-refractivity contribution in [1.82, 2.24) is 4.90 Å². The molecule has 0 aromatic heterocycles. The molecular formula is C31H41NO5. The molecule has 2 aromatic rings. The van der Waals surface area contributed by atoms with Gasteiger partial charge in [-0.3, -0.25) is 4.90 Å². The van der Waals surface area contributed by atoms with Crippen LogP contribution in [0.4, 0.5) is 4.79 Å². The molecule has 6 nitrogen and oxygen atoms in total. The van der Waals surface area contributed by atoms with Crippen LogP contribution in [-0.2, 0) is 26.4 Å². The predicted molar refractivity (Wildman–Crippen MR) is 145 cm³/mol. The molecule has 6 heteroatoms. The molecule has 0 heterocycles. The molecule has 1 fully saturated rings. The van der Waals surface area contributed by atoms with Gasteiger partial charge in [0, 0.05) is 11.6 Å². The zero-order valence-electron chi connectivity index (χ0n) is 23.1. The third kappa shape index (κ3) is 6.94. The number of nitrogens with zero attached hydrogens (tertiary/aromatic N) is 1. The van der Waals surface area contributed by atoms with Gasteiger partial charge < -0.3 is 14.2 Å². The second kappa shape index (κ2) is 11.4. The first-order chi connectivity index (χ1) is 17.4. The van der Waals surface area contributed by atoms with E-state index in [0.29, 0.717) is 19.4 Å². The largest absolute Gasteiger partial charge is 0.489 e. The monoisotopic (exact) mass is 507 g/mol. The standard InChI is InChI=1S/C31H41NO5/c1-8-27(33)36-26-16-12-13-21-31(26,32(29(2,3)4)28(34)37-30(5,6)7)24-17-19-25(20-18-24)35-22-23-14-10-9-11-15-23/h8-11,14-15,17-20,26H,1,12-13,16,21-22H2,2-7H3. The summed E-state index contributed by atoms with van der Waals surface area (Å²) in [4.78, 5) is 28.1. The zero-order chi connectivity index (χ0) is 27.3. The van der Waals surface area contributed by atoms with Gasteiger partial charge in [-0.25, -0.2) is 9.59 Å². The van der Waals surface area contributed by atoms with Gasteiger partial charge in [0.05, 0.1) is 0 Å². The minimum absolute atomic E-state index is 0.439. The quantitative estimate of drug-likeness (QED) is 0.294. The number of benzene rings is 2. The molecule has 37 heavy (non-hydrogen) atoms. The van der Waals surface area contributed by atoms with Crippen LogP contribution in [-0.4, -0.2) is 34.2 Å². The summed E-state index contributed by atoms with van der Waals surface area (Å²) in [5.74, 6) is 0.218. The number of hydrogen-bond acceptors (Lipinski definition) is 5. The highest BCUT2D eigenvalue weighted by molar-refractivity contribution is 5.81. The lowest BCUT2D eigenvalue weighted by Gasteiger charge is -2.55. The molecule has 0 saturated heterocycles. The molecule has 1 aliphatic rings. The average Bonchev–Trinajstić information content (AvgIpc) is 2.83. The van der Waals surface area contributed by atoms with E-state index in [-0.39, 0.29) is 0 Å². The third-order valence-corrected chi connectivity index (χ3v) is 6.48. The van der Waals surface area contributed by atoms with Gasteiger partial charge in [0.15, 0.2) is 0 Å². The van der Waals surface area contributed by atoms with Crippen LogP contribution in [0.3, 0.4) is 0 Å². The second-order valence-corrected chi connectivity index (χ2v) is 11.6. The lowest BCUT2D eigenvalue weighted by molar-refractivity contribution is -0.163. The Bertz CT molecular complexity index is 1070. The van der Waals surface area contributed by atoms with Gasteiger partial charge in [0.25, 0.3) is 0 Å². The van der Waals surface area contributed by atoms with E-state index >= 15 is 0 Å². The summed E-state index contributed by atoms with van der Waals surface area (Å²) in [7, 11) is 0. The van der Waals surface area contributed by atoms with Crippen LogP contribution in [0, 0.1) is 0 Å².